The molecular formula is C27H34N2O2. The lowest BCUT2D eigenvalue weighted by Crippen LogP contribution is -2.35. The molecule has 2 aromatic carbocycles. The number of hydrogen-bond donors (Lipinski definition) is 0. The summed E-state index contributed by atoms with van der Waals surface area (Å²) in [7, 11) is 0. The molecule has 2 aromatic rings. The van der Waals surface area contributed by atoms with Crippen molar-refractivity contribution < 1.29 is 9.53 Å². The topological polar surface area (TPSA) is 32.8 Å². The Morgan fingerprint density at radius 2 is 1.65 bits per heavy atom. The first-order valence-corrected chi connectivity index (χ1v) is 12.1. The van der Waals surface area contributed by atoms with E-state index in [1.54, 1.807) is 0 Å². The second-order valence-corrected chi connectivity index (χ2v) is 9.39. The predicted octanol–water partition coefficient (Wildman–Crippen LogP) is 4.84. The Balaban J connectivity index is 1.21. The summed E-state index contributed by atoms with van der Waals surface area (Å²) in [6.45, 7) is 4.62. The summed E-state index contributed by atoms with van der Waals surface area (Å²) in [5.74, 6) is 1.08. The summed E-state index contributed by atoms with van der Waals surface area (Å²) in [6.07, 6.45) is 10.0. The molecule has 2 aliphatic heterocycles. The smallest absolute Gasteiger partial charge is 0.253 e. The minimum atomic E-state index is 0.149. The van der Waals surface area contributed by atoms with E-state index in [2.05, 4.69) is 23.1 Å². The lowest BCUT2D eigenvalue weighted by molar-refractivity contribution is 0.0792. The Morgan fingerprint density at radius 3 is 2.45 bits per heavy atom. The number of ether oxygens (including phenoxy) is 1. The van der Waals surface area contributed by atoms with Crippen LogP contribution in [0.25, 0.3) is 0 Å². The van der Waals surface area contributed by atoms with Crippen molar-refractivity contribution in [1.82, 2.24) is 9.80 Å². The third kappa shape index (κ3) is 4.79. The maximum absolute atomic E-state index is 12.7. The standard InChI is InChI=1S/C27H34N2O2/c30-27(29-14-3-4-15-29)24-7-5-6-21(18-24)20-31-26-11-10-22-12-16-28(17-13-23(22)19-26)25-8-1-2-9-25/h5-7,10-11,18-19,25H,1-4,8-9,12-17,20H2. The molecule has 0 atom stereocenters. The van der Waals surface area contributed by atoms with E-state index in [0.717, 1.165) is 61.7 Å². The van der Waals surface area contributed by atoms with Gasteiger partial charge in [0.05, 0.1) is 0 Å². The van der Waals surface area contributed by atoms with Crippen LogP contribution < -0.4 is 4.74 Å². The maximum atomic E-state index is 12.7. The highest BCUT2D eigenvalue weighted by molar-refractivity contribution is 5.94. The van der Waals surface area contributed by atoms with Gasteiger partial charge in [-0.1, -0.05) is 31.0 Å². The van der Waals surface area contributed by atoms with Crippen LogP contribution in [0.2, 0.25) is 0 Å². The van der Waals surface area contributed by atoms with Crippen LogP contribution in [0.5, 0.6) is 5.75 Å². The molecular weight excluding hydrogens is 384 g/mol. The third-order valence-corrected chi connectivity index (χ3v) is 7.33. The van der Waals surface area contributed by atoms with Crippen LogP contribution in [0, 0.1) is 0 Å². The largest absolute Gasteiger partial charge is 0.489 e. The molecule has 0 N–H and O–H groups in total. The van der Waals surface area contributed by atoms with Gasteiger partial charge in [0.25, 0.3) is 5.91 Å². The molecule has 0 bridgehead atoms. The van der Waals surface area contributed by atoms with Crippen LogP contribution in [0.3, 0.4) is 0 Å². The highest BCUT2D eigenvalue weighted by Crippen LogP contribution is 2.28. The first-order chi connectivity index (χ1) is 15.3. The van der Waals surface area contributed by atoms with Crippen LogP contribution in [0.4, 0.5) is 0 Å². The van der Waals surface area contributed by atoms with Crippen molar-refractivity contribution >= 4 is 5.91 Å². The van der Waals surface area contributed by atoms with Crippen LogP contribution >= 0.6 is 0 Å². The number of carbonyl (C=O) groups is 1. The fraction of sp³-hybridized carbons (Fsp3) is 0.519. The Hall–Kier alpha value is -2.33. The Morgan fingerprint density at radius 1 is 0.871 bits per heavy atom. The number of nitrogens with zero attached hydrogens (tertiary/aromatic N) is 2. The molecule has 31 heavy (non-hydrogen) atoms. The van der Waals surface area contributed by atoms with Crippen molar-refractivity contribution in [3.8, 4) is 5.75 Å². The Bertz CT molecular complexity index is 913. The fourth-order valence-corrected chi connectivity index (χ4v) is 5.51. The van der Waals surface area contributed by atoms with Crippen molar-refractivity contribution in [3.05, 3.63) is 64.7 Å². The van der Waals surface area contributed by atoms with E-state index in [4.69, 9.17) is 4.74 Å². The quantitative estimate of drug-likeness (QED) is 0.696. The molecule has 4 heteroatoms. The van der Waals surface area contributed by atoms with Gasteiger partial charge in [-0.3, -0.25) is 9.69 Å². The maximum Gasteiger partial charge on any atom is 0.253 e. The van der Waals surface area contributed by atoms with Crippen molar-refractivity contribution in [3.63, 3.8) is 0 Å². The number of hydrogen-bond acceptors (Lipinski definition) is 3. The van der Waals surface area contributed by atoms with Crippen LogP contribution in [-0.4, -0.2) is 47.9 Å². The van der Waals surface area contributed by atoms with Gasteiger partial charge >= 0.3 is 0 Å². The molecule has 5 rings (SSSR count). The summed E-state index contributed by atoms with van der Waals surface area (Å²) in [4.78, 5) is 17.3. The zero-order valence-corrected chi connectivity index (χ0v) is 18.5. The van der Waals surface area contributed by atoms with Gasteiger partial charge in [-0.25, -0.2) is 0 Å². The second kappa shape index (κ2) is 9.44. The summed E-state index contributed by atoms with van der Waals surface area (Å²) in [6, 6.07) is 15.3. The van der Waals surface area contributed by atoms with E-state index in [-0.39, 0.29) is 5.91 Å². The van der Waals surface area contributed by atoms with Gasteiger partial charge < -0.3 is 9.64 Å². The molecule has 1 aliphatic carbocycles. The van der Waals surface area contributed by atoms with Crippen LogP contribution in [0.1, 0.15) is 65.6 Å². The lowest BCUT2D eigenvalue weighted by atomic mass is 10.0. The van der Waals surface area contributed by atoms with Gasteiger partial charge in [0.2, 0.25) is 0 Å². The van der Waals surface area contributed by atoms with E-state index in [9.17, 15) is 4.79 Å². The van der Waals surface area contributed by atoms with Gasteiger partial charge in [-0.15, -0.1) is 0 Å². The molecule has 0 spiro atoms. The first-order valence-electron chi connectivity index (χ1n) is 12.1. The fourth-order valence-electron chi connectivity index (χ4n) is 5.51. The van der Waals surface area contributed by atoms with E-state index >= 15 is 0 Å². The van der Waals surface area contributed by atoms with Gasteiger partial charge in [0.1, 0.15) is 12.4 Å². The molecule has 2 heterocycles. The zero-order chi connectivity index (χ0) is 21.0. The molecule has 0 unspecified atom stereocenters. The Labute approximate surface area is 186 Å². The SMILES string of the molecule is O=C(c1cccc(COc2ccc3c(c2)CCN(C2CCCC2)CC3)c1)N1CCCC1. The number of benzene rings is 2. The summed E-state index contributed by atoms with van der Waals surface area (Å²) in [5.41, 5.74) is 4.74. The molecule has 1 amide bonds. The number of fused-ring (bicyclic) bond motifs is 1. The highest BCUT2D eigenvalue weighted by Gasteiger charge is 2.24. The monoisotopic (exact) mass is 418 g/mol. The van der Waals surface area contributed by atoms with E-state index in [1.165, 1.54) is 49.9 Å². The van der Waals surface area contributed by atoms with Crippen molar-refractivity contribution in [2.24, 2.45) is 0 Å². The number of likely N-dealkylation sites (tertiary alicyclic amines) is 1. The molecule has 1 saturated carbocycles. The normalized spacial score (nSPS) is 19.9. The van der Waals surface area contributed by atoms with Crippen molar-refractivity contribution in [2.75, 3.05) is 26.2 Å². The van der Waals surface area contributed by atoms with Gasteiger partial charge in [0, 0.05) is 37.8 Å². The van der Waals surface area contributed by atoms with E-state index in [0.29, 0.717) is 6.61 Å². The summed E-state index contributed by atoms with van der Waals surface area (Å²) < 4.78 is 6.15. The van der Waals surface area contributed by atoms with Crippen molar-refractivity contribution in [1.29, 1.82) is 0 Å². The molecule has 164 valence electrons. The number of amides is 1. The third-order valence-electron chi connectivity index (χ3n) is 7.33. The van der Waals surface area contributed by atoms with Crippen LogP contribution in [-0.2, 0) is 19.4 Å². The van der Waals surface area contributed by atoms with Gasteiger partial charge in [0.15, 0.2) is 0 Å². The van der Waals surface area contributed by atoms with E-state index in [1.807, 2.05) is 29.2 Å². The highest BCUT2D eigenvalue weighted by atomic mass is 16.5. The second-order valence-electron chi connectivity index (χ2n) is 9.39. The molecule has 2 fully saturated rings. The minimum absolute atomic E-state index is 0.149. The molecule has 3 aliphatic rings. The minimum Gasteiger partial charge on any atom is -0.489 e. The predicted molar refractivity (Wildman–Crippen MR) is 124 cm³/mol. The van der Waals surface area contributed by atoms with Crippen LogP contribution in [0.15, 0.2) is 42.5 Å². The summed E-state index contributed by atoms with van der Waals surface area (Å²) in [5, 5.41) is 0. The van der Waals surface area contributed by atoms with Crippen molar-refractivity contribution in [2.45, 2.75) is 64.0 Å². The number of rotatable bonds is 5. The average Bonchev–Trinajstić information content (AvgIpc) is 3.50. The van der Waals surface area contributed by atoms with Gasteiger partial charge in [-0.2, -0.15) is 0 Å². The molecule has 1 saturated heterocycles. The molecule has 4 nitrogen and oxygen atoms in total. The lowest BCUT2D eigenvalue weighted by Gasteiger charge is -2.26. The first kappa shape index (κ1) is 20.6. The summed E-state index contributed by atoms with van der Waals surface area (Å²) >= 11 is 0. The zero-order valence-electron chi connectivity index (χ0n) is 18.5. The molecule has 0 radical (unpaired) electrons. The molecule has 0 aromatic heterocycles. The van der Waals surface area contributed by atoms with Gasteiger partial charge in [-0.05, 0) is 79.5 Å². The average molecular weight is 419 g/mol. The van der Waals surface area contributed by atoms with E-state index < -0.39 is 0 Å². The number of carbonyl (C=O) groups excluding carboxylic acids is 1. The Kier molecular flexibility index (Phi) is 6.26.